The SMILES string of the molecule is CC/C=C/C1C=CCC1. The molecule has 50 valence electrons. The summed E-state index contributed by atoms with van der Waals surface area (Å²) >= 11 is 0. The van der Waals surface area contributed by atoms with Crippen molar-refractivity contribution < 1.29 is 0 Å². The van der Waals surface area contributed by atoms with Crippen molar-refractivity contribution in [2.75, 3.05) is 0 Å². The second kappa shape index (κ2) is 3.49. The lowest BCUT2D eigenvalue weighted by Gasteiger charge is -1.95. The van der Waals surface area contributed by atoms with Gasteiger partial charge >= 0.3 is 0 Å². The van der Waals surface area contributed by atoms with E-state index in [0.29, 0.717) is 0 Å². The normalized spacial score (nSPS) is 26.1. The van der Waals surface area contributed by atoms with Gasteiger partial charge in [-0.25, -0.2) is 0 Å². The number of hydrogen-bond acceptors (Lipinski definition) is 0. The topological polar surface area (TPSA) is 0 Å². The maximum absolute atomic E-state index is 2.31. The molecule has 9 heavy (non-hydrogen) atoms. The number of rotatable bonds is 2. The van der Waals surface area contributed by atoms with Crippen molar-refractivity contribution in [3.8, 4) is 0 Å². The van der Waals surface area contributed by atoms with Crippen LogP contribution in [-0.4, -0.2) is 0 Å². The third-order valence-corrected chi connectivity index (χ3v) is 1.67. The van der Waals surface area contributed by atoms with Crippen molar-refractivity contribution in [1.29, 1.82) is 0 Å². The summed E-state index contributed by atoms with van der Waals surface area (Å²) in [6, 6.07) is 0. The lowest BCUT2D eigenvalue weighted by atomic mass is 10.1. The minimum absolute atomic E-state index is 0.755. The molecule has 0 radical (unpaired) electrons. The summed E-state index contributed by atoms with van der Waals surface area (Å²) in [6.07, 6.45) is 12.9. The van der Waals surface area contributed by atoms with Gasteiger partial charge in [0.05, 0.1) is 0 Å². The summed E-state index contributed by atoms with van der Waals surface area (Å²) in [7, 11) is 0. The van der Waals surface area contributed by atoms with Crippen LogP contribution >= 0.6 is 0 Å². The minimum atomic E-state index is 0.755. The first-order chi connectivity index (χ1) is 4.43. The van der Waals surface area contributed by atoms with Crippen LogP contribution in [-0.2, 0) is 0 Å². The van der Waals surface area contributed by atoms with Crippen molar-refractivity contribution >= 4 is 0 Å². The van der Waals surface area contributed by atoms with Gasteiger partial charge in [-0.15, -0.1) is 0 Å². The molecular formula is C9H14. The summed E-state index contributed by atoms with van der Waals surface area (Å²) in [5, 5.41) is 0. The van der Waals surface area contributed by atoms with E-state index < -0.39 is 0 Å². The van der Waals surface area contributed by atoms with E-state index in [1.807, 2.05) is 0 Å². The second-order valence-corrected chi connectivity index (χ2v) is 2.51. The highest BCUT2D eigenvalue weighted by atomic mass is 14.1. The molecule has 0 amide bonds. The van der Waals surface area contributed by atoms with Crippen molar-refractivity contribution in [2.45, 2.75) is 26.2 Å². The van der Waals surface area contributed by atoms with Crippen molar-refractivity contribution in [3.05, 3.63) is 24.3 Å². The first-order valence-corrected chi connectivity index (χ1v) is 3.77. The Morgan fingerprint density at radius 2 is 2.56 bits per heavy atom. The van der Waals surface area contributed by atoms with Gasteiger partial charge in [0, 0.05) is 0 Å². The zero-order chi connectivity index (χ0) is 6.53. The first-order valence-electron chi connectivity index (χ1n) is 3.77. The van der Waals surface area contributed by atoms with Crippen molar-refractivity contribution in [1.82, 2.24) is 0 Å². The molecule has 0 heterocycles. The molecule has 0 bridgehead atoms. The van der Waals surface area contributed by atoms with Crippen molar-refractivity contribution in [2.24, 2.45) is 5.92 Å². The molecule has 0 aromatic rings. The summed E-state index contributed by atoms with van der Waals surface area (Å²) in [5.74, 6) is 0.755. The highest BCUT2D eigenvalue weighted by molar-refractivity contribution is 5.05. The molecule has 0 fully saturated rings. The van der Waals surface area contributed by atoms with E-state index >= 15 is 0 Å². The van der Waals surface area contributed by atoms with E-state index in [9.17, 15) is 0 Å². The zero-order valence-corrected chi connectivity index (χ0v) is 6.01. The summed E-state index contributed by atoms with van der Waals surface area (Å²) in [6.45, 7) is 2.18. The number of hydrogen-bond donors (Lipinski definition) is 0. The fourth-order valence-corrected chi connectivity index (χ4v) is 1.13. The van der Waals surface area contributed by atoms with Gasteiger partial charge in [0.25, 0.3) is 0 Å². The van der Waals surface area contributed by atoms with E-state index in [1.54, 1.807) is 0 Å². The van der Waals surface area contributed by atoms with Crippen LogP contribution in [0.4, 0.5) is 0 Å². The lowest BCUT2D eigenvalue weighted by molar-refractivity contribution is 0.769. The van der Waals surface area contributed by atoms with Crippen LogP contribution in [0.2, 0.25) is 0 Å². The molecule has 0 aliphatic heterocycles. The molecular weight excluding hydrogens is 108 g/mol. The van der Waals surface area contributed by atoms with Crippen molar-refractivity contribution in [3.63, 3.8) is 0 Å². The van der Waals surface area contributed by atoms with E-state index in [2.05, 4.69) is 31.2 Å². The first kappa shape index (κ1) is 6.60. The van der Waals surface area contributed by atoms with E-state index in [0.717, 1.165) is 5.92 Å². The summed E-state index contributed by atoms with van der Waals surface area (Å²) < 4.78 is 0. The third kappa shape index (κ3) is 2.05. The Hall–Kier alpha value is -0.520. The van der Waals surface area contributed by atoms with Crippen LogP contribution in [0.25, 0.3) is 0 Å². The Labute approximate surface area is 57.3 Å². The fourth-order valence-electron chi connectivity index (χ4n) is 1.13. The molecule has 0 saturated heterocycles. The van der Waals surface area contributed by atoms with Gasteiger partial charge in [-0.3, -0.25) is 0 Å². The maximum atomic E-state index is 2.31. The predicted molar refractivity (Wildman–Crippen MR) is 41.3 cm³/mol. The van der Waals surface area contributed by atoms with Crippen LogP contribution in [0.1, 0.15) is 26.2 Å². The third-order valence-electron chi connectivity index (χ3n) is 1.67. The van der Waals surface area contributed by atoms with E-state index in [-0.39, 0.29) is 0 Å². The fraction of sp³-hybridized carbons (Fsp3) is 0.556. The van der Waals surface area contributed by atoms with Gasteiger partial charge in [0.15, 0.2) is 0 Å². The van der Waals surface area contributed by atoms with Crippen LogP contribution in [0.15, 0.2) is 24.3 Å². The van der Waals surface area contributed by atoms with Gasteiger partial charge in [-0.05, 0) is 25.2 Å². The Morgan fingerprint density at radius 3 is 3.11 bits per heavy atom. The highest BCUT2D eigenvalue weighted by Crippen LogP contribution is 2.17. The standard InChI is InChI=1S/C9H14/c1-2-3-6-9-7-4-5-8-9/h3-4,6-7,9H,2,5,8H2,1H3/b6-3+. The Kier molecular flexibility index (Phi) is 2.56. The average Bonchev–Trinajstić information content (AvgIpc) is 2.34. The molecule has 1 unspecified atom stereocenters. The Bertz CT molecular complexity index is 120. The molecule has 1 rings (SSSR count). The second-order valence-electron chi connectivity index (χ2n) is 2.51. The lowest BCUT2D eigenvalue weighted by Crippen LogP contribution is -1.82. The molecule has 1 atom stereocenters. The molecule has 0 aromatic heterocycles. The van der Waals surface area contributed by atoms with Gasteiger partial charge in [0.1, 0.15) is 0 Å². The summed E-state index contributed by atoms with van der Waals surface area (Å²) in [5.41, 5.74) is 0. The average molecular weight is 122 g/mol. The van der Waals surface area contributed by atoms with Crippen LogP contribution in [0, 0.1) is 5.92 Å². The quantitative estimate of drug-likeness (QED) is 0.494. The van der Waals surface area contributed by atoms with E-state index in [1.165, 1.54) is 19.3 Å². The smallest absolute Gasteiger partial charge is 0.00506 e. The van der Waals surface area contributed by atoms with Gasteiger partial charge < -0.3 is 0 Å². The Balaban J connectivity index is 2.27. The molecule has 0 spiro atoms. The zero-order valence-electron chi connectivity index (χ0n) is 6.01. The molecule has 0 saturated carbocycles. The summed E-state index contributed by atoms with van der Waals surface area (Å²) in [4.78, 5) is 0. The van der Waals surface area contributed by atoms with Crippen LogP contribution in [0.5, 0.6) is 0 Å². The van der Waals surface area contributed by atoms with Crippen LogP contribution in [0.3, 0.4) is 0 Å². The highest BCUT2D eigenvalue weighted by Gasteiger charge is 2.02. The Morgan fingerprint density at radius 1 is 1.67 bits per heavy atom. The monoisotopic (exact) mass is 122 g/mol. The maximum Gasteiger partial charge on any atom is -0.00506 e. The van der Waals surface area contributed by atoms with Gasteiger partial charge in [-0.2, -0.15) is 0 Å². The molecule has 0 nitrogen and oxygen atoms in total. The molecule has 0 N–H and O–H groups in total. The van der Waals surface area contributed by atoms with Gasteiger partial charge in [-0.1, -0.05) is 31.2 Å². The number of allylic oxidation sites excluding steroid dienone is 4. The largest absolute Gasteiger partial charge is 0.0882 e. The minimum Gasteiger partial charge on any atom is -0.0882 e. The molecule has 1 aliphatic rings. The molecule has 0 heteroatoms. The predicted octanol–water partition coefficient (Wildman–Crippen LogP) is 2.92. The molecule has 0 aromatic carbocycles. The van der Waals surface area contributed by atoms with E-state index in [4.69, 9.17) is 0 Å². The van der Waals surface area contributed by atoms with Gasteiger partial charge in [0.2, 0.25) is 0 Å². The van der Waals surface area contributed by atoms with Crippen LogP contribution < -0.4 is 0 Å². The molecule has 1 aliphatic carbocycles.